The molecule has 0 aliphatic carbocycles. The first kappa shape index (κ1) is 13.0. The molecule has 1 heterocycles. The van der Waals surface area contributed by atoms with Gasteiger partial charge in [-0.2, -0.15) is 13.2 Å². The molecule has 1 aliphatic rings. The van der Waals surface area contributed by atoms with Crippen molar-refractivity contribution in [1.29, 1.82) is 0 Å². The highest BCUT2D eigenvalue weighted by molar-refractivity contribution is 5.52. The Morgan fingerprint density at radius 3 is 2.61 bits per heavy atom. The molecule has 4 nitrogen and oxygen atoms in total. The molecule has 100 valence electrons. The predicted octanol–water partition coefficient (Wildman–Crippen LogP) is 1.91. The van der Waals surface area contributed by atoms with Crippen molar-refractivity contribution in [2.24, 2.45) is 5.90 Å². The Kier molecular flexibility index (Phi) is 3.63. The molecule has 1 aromatic carbocycles. The van der Waals surface area contributed by atoms with Gasteiger partial charge in [-0.3, -0.25) is 0 Å². The van der Waals surface area contributed by atoms with Crippen molar-refractivity contribution in [1.82, 2.24) is 0 Å². The molecule has 0 amide bonds. The predicted molar refractivity (Wildman–Crippen MR) is 56.3 cm³/mol. The van der Waals surface area contributed by atoms with Gasteiger partial charge in [-0.05, 0) is 12.1 Å². The standard InChI is InChI=1S/C11H12F3NO3/c12-11(13,14)8-1-2-9-10(17-6-5-16-9)7(8)3-4-18-15/h1-2H,3-6,15H2. The van der Waals surface area contributed by atoms with Crippen molar-refractivity contribution in [3.05, 3.63) is 23.3 Å². The van der Waals surface area contributed by atoms with Crippen molar-refractivity contribution in [3.63, 3.8) is 0 Å². The van der Waals surface area contributed by atoms with Crippen molar-refractivity contribution in [2.45, 2.75) is 12.6 Å². The van der Waals surface area contributed by atoms with E-state index in [1.165, 1.54) is 6.07 Å². The first-order chi connectivity index (χ1) is 8.54. The van der Waals surface area contributed by atoms with E-state index in [-0.39, 0.29) is 30.9 Å². The molecule has 0 atom stereocenters. The molecule has 18 heavy (non-hydrogen) atoms. The zero-order chi connectivity index (χ0) is 13.2. The summed E-state index contributed by atoms with van der Waals surface area (Å²) in [5, 5.41) is 0. The summed E-state index contributed by atoms with van der Waals surface area (Å²) in [6.45, 7) is 0.527. The van der Waals surface area contributed by atoms with Gasteiger partial charge in [-0.15, -0.1) is 0 Å². The van der Waals surface area contributed by atoms with E-state index in [1.807, 2.05) is 0 Å². The highest BCUT2D eigenvalue weighted by Crippen LogP contribution is 2.42. The Morgan fingerprint density at radius 2 is 1.94 bits per heavy atom. The van der Waals surface area contributed by atoms with Crippen LogP contribution in [0, 0.1) is 0 Å². The maximum Gasteiger partial charge on any atom is 0.416 e. The van der Waals surface area contributed by atoms with Gasteiger partial charge in [0.25, 0.3) is 0 Å². The maximum atomic E-state index is 12.9. The number of rotatable bonds is 3. The Labute approximate surface area is 101 Å². The van der Waals surface area contributed by atoms with Crippen molar-refractivity contribution < 1.29 is 27.5 Å². The first-order valence-corrected chi connectivity index (χ1v) is 5.34. The molecule has 0 radical (unpaired) electrons. The van der Waals surface area contributed by atoms with E-state index >= 15 is 0 Å². The molecule has 0 unspecified atom stereocenters. The van der Waals surface area contributed by atoms with Crippen molar-refractivity contribution >= 4 is 0 Å². The molecular weight excluding hydrogens is 251 g/mol. The van der Waals surface area contributed by atoms with Crippen LogP contribution < -0.4 is 15.4 Å². The second-order valence-electron chi connectivity index (χ2n) is 3.73. The molecule has 0 saturated carbocycles. The molecule has 2 N–H and O–H groups in total. The van der Waals surface area contributed by atoms with E-state index < -0.39 is 11.7 Å². The Balaban J connectivity index is 2.46. The van der Waals surface area contributed by atoms with E-state index in [1.54, 1.807) is 0 Å². The number of nitrogens with two attached hydrogens (primary N) is 1. The molecule has 0 saturated heterocycles. The van der Waals surface area contributed by atoms with E-state index in [0.29, 0.717) is 12.4 Å². The lowest BCUT2D eigenvalue weighted by atomic mass is 10.0. The summed E-state index contributed by atoms with van der Waals surface area (Å²) in [5.74, 6) is 5.31. The fourth-order valence-corrected chi connectivity index (χ4v) is 1.85. The summed E-state index contributed by atoms with van der Waals surface area (Å²) in [6, 6.07) is 2.25. The molecule has 0 fully saturated rings. The number of benzene rings is 1. The van der Waals surface area contributed by atoms with Gasteiger partial charge >= 0.3 is 6.18 Å². The second-order valence-corrected chi connectivity index (χ2v) is 3.73. The van der Waals surface area contributed by atoms with Crippen molar-refractivity contribution in [2.75, 3.05) is 19.8 Å². The van der Waals surface area contributed by atoms with Gasteiger partial charge in [0.2, 0.25) is 0 Å². The normalized spacial score (nSPS) is 14.7. The van der Waals surface area contributed by atoms with Crippen LogP contribution in [0.15, 0.2) is 12.1 Å². The van der Waals surface area contributed by atoms with Gasteiger partial charge in [0, 0.05) is 12.0 Å². The lowest BCUT2D eigenvalue weighted by Gasteiger charge is -2.23. The van der Waals surface area contributed by atoms with Crippen LogP contribution in [0.25, 0.3) is 0 Å². The topological polar surface area (TPSA) is 53.7 Å². The fraction of sp³-hybridized carbons (Fsp3) is 0.455. The average molecular weight is 263 g/mol. The summed E-state index contributed by atoms with van der Waals surface area (Å²) < 4.78 is 49.1. The summed E-state index contributed by atoms with van der Waals surface area (Å²) in [7, 11) is 0. The maximum absolute atomic E-state index is 12.9. The lowest BCUT2D eigenvalue weighted by molar-refractivity contribution is -0.138. The Hall–Kier alpha value is -1.47. The van der Waals surface area contributed by atoms with Crippen LogP contribution in [0.2, 0.25) is 0 Å². The minimum atomic E-state index is -4.44. The monoisotopic (exact) mass is 263 g/mol. The highest BCUT2D eigenvalue weighted by atomic mass is 19.4. The quantitative estimate of drug-likeness (QED) is 0.846. The molecule has 0 bridgehead atoms. The summed E-state index contributed by atoms with van der Waals surface area (Å²) in [5.41, 5.74) is -0.728. The molecule has 0 spiro atoms. The summed E-state index contributed by atoms with van der Waals surface area (Å²) in [4.78, 5) is 4.34. The van der Waals surface area contributed by atoms with Crippen LogP contribution in [-0.4, -0.2) is 19.8 Å². The van der Waals surface area contributed by atoms with Gasteiger partial charge in [-0.1, -0.05) is 0 Å². The molecule has 1 aliphatic heterocycles. The van der Waals surface area contributed by atoms with Crippen LogP contribution in [0.1, 0.15) is 11.1 Å². The second kappa shape index (κ2) is 5.03. The number of hydrogen-bond acceptors (Lipinski definition) is 4. The zero-order valence-corrected chi connectivity index (χ0v) is 9.42. The fourth-order valence-electron chi connectivity index (χ4n) is 1.85. The Bertz CT molecular complexity index is 434. The molecular formula is C11H12F3NO3. The third-order valence-corrected chi connectivity index (χ3v) is 2.59. The minimum absolute atomic E-state index is 0.0118. The van der Waals surface area contributed by atoms with Crippen molar-refractivity contribution in [3.8, 4) is 11.5 Å². The van der Waals surface area contributed by atoms with Crippen LogP contribution >= 0.6 is 0 Å². The number of hydrogen-bond donors (Lipinski definition) is 1. The first-order valence-electron chi connectivity index (χ1n) is 5.34. The molecule has 1 aromatic rings. The van der Waals surface area contributed by atoms with Crippen LogP contribution in [0.3, 0.4) is 0 Å². The number of ether oxygens (including phenoxy) is 2. The van der Waals surface area contributed by atoms with Gasteiger partial charge in [0.05, 0.1) is 12.2 Å². The number of alkyl halides is 3. The van der Waals surface area contributed by atoms with E-state index in [0.717, 1.165) is 6.07 Å². The van der Waals surface area contributed by atoms with E-state index in [4.69, 9.17) is 15.4 Å². The average Bonchev–Trinajstić information content (AvgIpc) is 2.34. The molecule has 7 heteroatoms. The van der Waals surface area contributed by atoms with E-state index in [9.17, 15) is 13.2 Å². The third-order valence-electron chi connectivity index (χ3n) is 2.59. The van der Waals surface area contributed by atoms with Gasteiger partial charge < -0.3 is 14.3 Å². The zero-order valence-electron chi connectivity index (χ0n) is 9.42. The molecule has 0 aromatic heterocycles. The SMILES string of the molecule is NOCCc1c(C(F)(F)F)ccc2c1OCCO2. The lowest BCUT2D eigenvalue weighted by Crippen LogP contribution is -2.20. The molecule has 2 rings (SSSR count). The number of fused-ring (bicyclic) bond motifs is 1. The van der Waals surface area contributed by atoms with Gasteiger partial charge in [0.1, 0.15) is 13.2 Å². The highest BCUT2D eigenvalue weighted by Gasteiger charge is 2.36. The Morgan fingerprint density at radius 1 is 1.22 bits per heavy atom. The largest absolute Gasteiger partial charge is 0.486 e. The van der Waals surface area contributed by atoms with Crippen LogP contribution in [0.5, 0.6) is 11.5 Å². The van der Waals surface area contributed by atoms with Crippen LogP contribution in [0.4, 0.5) is 13.2 Å². The minimum Gasteiger partial charge on any atom is -0.486 e. The summed E-state index contributed by atoms with van der Waals surface area (Å²) in [6.07, 6.45) is -4.43. The van der Waals surface area contributed by atoms with Gasteiger partial charge in [-0.25, -0.2) is 5.90 Å². The van der Waals surface area contributed by atoms with Crippen LogP contribution in [-0.2, 0) is 17.4 Å². The number of halogens is 3. The van der Waals surface area contributed by atoms with E-state index in [2.05, 4.69) is 4.84 Å². The summed E-state index contributed by atoms with van der Waals surface area (Å²) >= 11 is 0. The third kappa shape index (κ3) is 2.51. The smallest absolute Gasteiger partial charge is 0.416 e. The van der Waals surface area contributed by atoms with Gasteiger partial charge in [0.15, 0.2) is 11.5 Å².